The maximum atomic E-state index is 12.2. The molecule has 1 heterocycles. The molecule has 3 N–H and O–H groups in total. The number of amides is 1. The monoisotopic (exact) mass is 388 g/mol. The lowest BCUT2D eigenvalue weighted by Gasteiger charge is -2.10. The van der Waals surface area contributed by atoms with Crippen molar-refractivity contribution in [2.75, 3.05) is 5.32 Å². The van der Waals surface area contributed by atoms with Gasteiger partial charge in [-0.1, -0.05) is 6.07 Å². The van der Waals surface area contributed by atoms with Crippen LogP contribution in [-0.4, -0.2) is 14.3 Å². The van der Waals surface area contributed by atoms with Crippen molar-refractivity contribution in [3.8, 4) is 0 Å². The normalized spacial score (nSPS) is 11.4. The number of primary sulfonamides is 1. The third-order valence-corrected chi connectivity index (χ3v) is 6.11. The molecule has 1 aromatic heterocycles. The Labute approximate surface area is 135 Å². The number of aryl methyl sites for hydroxylation is 1. The molecule has 1 amide bonds. The van der Waals surface area contributed by atoms with Crippen molar-refractivity contribution in [2.24, 2.45) is 5.14 Å². The van der Waals surface area contributed by atoms with E-state index < -0.39 is 10.0 Å². The Hall–Kier alpha value is -1.22. The Kier molecular flexibility index (Phi) is 4.52. The molecule has 0 radical (unpaired) electrons. The number of sulfonamides is 1. The van der Waals surface area contributed by atoms with Crippen LogP contribution in [-0.2, 0) is 10.0 Å². The summed E-state index contributed by atoms with van der Waals surface area (Å²) >= 11 is 4.68. The SMILES string of the molecule is Cc1cc(C(=O)Nc2cccc(S(N)(=O)=O)c2C)sc1Br. The van der Waals surface area contributed by atoms with Gasteiger partial charge in [0, 0.05) is 5.69 Å². The van der Waals surface area contributed by atoms with Crippen molar-refractivity contribution < 1.29 is 13.2 Å². The highest BCUT2D eigenvalue weighted by Gasteiger charge is 2.17. The van der Waals surface area contributed by atoms with Crippen molar-refractivity contribution in [3.63, 3.8) is 0 Å². The molecule has 2 rings (SSSR count). The Bertz CT molecular complexity index is 793. The highest BCUT2D eigenvalue weighted by Crippen LogP contribution is 2.29. The van der Waals surface area contributed by atoms with Crippen LogP contribution in [0.2, 0.25) is 0 Å². The average molecular weight is 389 g/mol. The summed E-state index contributed by atoms with van der Waals surface area (Å²) < 4.78 is 23.8. The zero-order chi connectivity index (χ0) is 15.8. The number of benzene rings is 1. The number of thiophene rings is 1. The highest BCUT2D eigenvalue weighted by molar-refractivity contribution is 9.11. The second-order valence-corrected chi connectivity index (χ2v) is 8.40. The average Bonchev–Trinajstić information content (AvgIpc) is 2.71. The molecular formula is C13H13BrN2O3S2. The third-order valence-electron chi connectivity index (χ3n) is 2.92. The van der Waals surface area contributed by atoms with Crippen LogP contribution >= 0.6 is 27.3 Å². The largest absolute Gasteiger partial charge is 0.321 e. The third kappa shape index (κ3) is 3.52. The van der Waals surface area contributed by atoms with Crippen molar-refractivity contribution in [1.82, 2.24) is 0 Å². The summed E-state index contributed by atoms with van der Waals surface area (Å²) in [6, 6.07) is 6.35. The zero-order valence-corrected chi connectivity index (χ0v) is 14.5. The topological polar surface area (TPSA) is 89.3 Å². The van der Waals surface area contributed by atoms with E-state index in [0.29, 0.717) is 16.1 Å². The van der Waals surface area contributed by atoms with Crippen LogP contribution in [0.4, 0.5) is 5.69 Å². The minimum atomic E-state index is -3.82. The van der Waals surface area contributed by atoms with E-state index in [1.165, 1.54) is 23.5 Å². The summed E-state index contributed by atoms with van der Waals surface area (Å²) in [4.78, 5) is 12.7. The van der Waals surface area contributed by atoms with Gasteiger partial charge in [-0.3, -0.25) is 4.79 Å². The van der Waals surface area contributed by atoms with E-state index >= 15 is 0 Å². The second kappa shape index (κ2) is 5.88. The van der Waals surface area contributed by atoms with E-state index in [0.717, 1.165) is 9.35 Å². The number of carbonyl (C=O) groups excluding carboxylic acids is 1. The quantitative estimate of drug-likeness (QED) is 0.846. The fourth-order valence-corrected chi connectivity index (χ4v) is 4.05. The van der Waals surface area contributed by atoms with Gasteiger partial charge in [0.15, 0.2) is 0 Å². The number of rotatable bonds is 3. The fraction of sp³-hybridized carbons (Fsp3) is 0.154. The Morgan fingerprint density at radius 2 is 2.00 bits per heavy atom. The molecule has 8 heteroatoms. The van der Waals surface area contributed by atoms with Gasteiger partial charge < -0.3 is 5.32 Å². The number of hydrogen-bond acceptors (Lipinski definition) is 4. The summed E-state index contributed by atoms with van der Waals surface area (Å²) in [6.07, 6.45) is 0. The maximum absolute atomic E-state index is 12.2. The van der Waals surface area contributed by atoms with Gasteiger partial charge in [0.25, 0.3) is 5.91 Å². The van der Waals surface area contributed by atoms with Gasteiger partial charge in [-0.2, -0.15) is 0 Å². The van der Waals surface area contributed by atoms with Gasteiger partial charge in [0.05, 0.1) is 13.6 Å². The molecule has 0 aliphatic carbocycles. The zero-order valence-electron chi connectivity index (χ0n) is 11.3. The Morgan fingerprint density at radius 1 is 1.33 bits per heavy atom. The van der Waals surface area contributed by atoms with Crippen LogP contribution < -0.4 is 10.5 Å². The van der Waals surface area contributed by atoms with E-state index in [2.05, 4.69) is 21.2 Å². The predicted octanol–water partition coefficient (Wildman–Crippen LogP) is 3.03. The molecule has 0 bridgehead atoms. The molecule has 0 aliphatic heterocycles. The van der Waals surface area contributed by atoms with Crippen LogP contribution in [0.3, 0.4) is 0 Å². The van der Waals surface area contributed by atoms with E-state index in [1.807, 2.05) is 6.92 Å². The first-order chi connectivity index (χ1) is 9.70. The molecule has 5 nitrogen and oxygen atoms in total. The molecule has 0 aliphatic rings. The molecular weight excluding hydrogens is 376 g/mol. The first-order valence-electron chi connectivity index (χ1n) is 5.90. The fourth-order valence-electron chi connectivity index (χ4n) is 1.81. The number of nitrogens with one attached hydrogen (secondary N) is 1. The van der Waals surface area contributed by atoms with Gasteiger partial charge in [-0.05, 0) is 59.1 Å². The number of hydrogen-bond donors (Lipinski definition) is 2. The smallest absolute Gasteiger partial charge is 0.265 e. The summed E-state index contributed by atoms with van der Waals surface area (Å²) in [6.45, 7) is 3.50. The van der Waals surface area contributed by atoms with E-state index in [-0.39, 0.29) is 10.8 Å². The molecule has 0 atom stereocenters. The van der Waals surface area contributed by atoms with Crippen molar-refractivity contribution in [2.45, 2.75) is 18.7 Å². The van der Waals surface area contributed by atoms with E-state index in [9.17, 15) is 13.2 Å². The van der Waals surface area contributed by atoms with Gasteiger partial charge >= 0.3 is 0 Å². The molecule has 0 fully saturated rings. The summed E-state index contributed by atoms with van der Waals surface area (Å²) in [7, 11) is -3.82. The Balaban J connectivity index is 2.34. The van der Waals surface area contributed by atoms with Crippen LogP contribution in [0, 0.1) is 13.8 Å². The Morgan fingerprint density at radius 3 is 2.52 bits per heavy atom. The molecule has 21 heavy (non-hydrogen) atoms. The molecule has 0 saturated heterocycles. The van der Waals surface area contributed by atoms with Gasteiger partial charge in [-0.25, -0.2) is 13.6 Å². The molecule has 112 valence electrons. The molecule has 1 aromatic carbocycles. The summed E-state index contributed by atoms with van der Waals surface area (Å²) in [5.41, 5.74) is 1.81. The van der Waals surface area contributed by atoms with E-state index in [1.54, 1.807) is 19.1 Å². The van der Waals surface area contributed by atoms with Crippen LogP contribution in [0.1, 0.15) is 20.8 Å². The summed E-state index contributed by atoms with van der Waals surface area (Å²) in [5.74, 6) is -0.288. The van der Waals surface area contributed by atoms with Gasteiger partial charge in [0.1, 0.15) is 0 Å². The van der Waals surface area contributed by atoms with Crippen molar-refractivity contribution >= 4 is 48.9 Å². The minimum Gasteiger partial charge on any atom is -0.321 e. The van der Waals surface area contributed by atoms with Gasteiger partial charge in [-0.15, -0.1) is 11.3 Å². The lowest BCUT2D eigenvalue weighted by molar-refractivity contribution is 0.103. The standard InChI is InChI=1S/C13H13BrN2O3S2/c1-7-6-10(20-12(7)14)13(17)16-9-4-3-5-11(8(9)2)21(15,18)19/h3-6H,1-2H3,(H,16,17)(H2,15,18,19). The summed E-state index contributed by atoms with van der Waals surface area (Å²) in [5, 5.41) is 7.86. The number of carbonyl (C=O) groups is 1. The van der Waals surface area contributed by atoms with Gasteiger partial charge in [0.2, 0.25) is 10.0 Å². The molecule has 2 aromatic rings. The second-order valence-electron chi connectivity index (χ2n) is 4.50. The number of nitrogens with two attached hydrogens (primary N) is 1. The first-order valence-corrected chi connectivity index (χ1v) is 9.05. The number of anilines is 1. The molecule has 0 unspecified atom stereocenters. The van der Waals surface area contributed by atoms with Crippen molar-refractivity contribution in [3.05, 3.63) is 44.1 Å². The van der Waals surface area contributed by atoms with Crippen LogP contribution in [0.5, 0.6) is 0 Å². The van der Waals surface area contributed by atoms with Crippen LogP contribution in [0.25, 0.3) is 0 Å². The molecule has 0 saturated carbocycles. The molecule has 0 spiro atoms. The minimum absolute atomic E-state index is 0.00356. The highest BCUT2D eigenvalue weighted by atomic mass is 79.9. The van der Waals surface area contributed by atoms with E-state index in [4.69, 9.17) is 5.14 Å². The first kappa shape index (κ1) is 16.2. The number of halogens is 1. The van der Waals surface area contributed by atoms with Crippen LogP contribution in [0.15, 0.2) is 32.9 Å². The predicted molar refractivity (Wildman–Crippen MR) is 87.3 cm³/mol. The lowest BCUT2D eigenvalue weighted by atomic mass is 10.2. The maximum Gasteiger partial charge on any atom is 0.265 e. The lowest BCUT2D eigenvalue weighted by Crippen LogP contribution is -2.16. The van der Waals surface area contributed by atoms with Crippen molar-refractivity contribution in [1.29, 1.82) is 0 Å².